The molecule has 0 aliphatic rings. The maximum Gasteiger partial charge on any atom is 0.161 e. The zero-order valence-corrected chi connectivity index (χ0v) is 10.2. The Bertz CT molecular complexity index is 321. The van der Waals surface area contributed by atoms with Crippen LogP contribution in [0.25, 0.3) is 0 Å². The van der Waals surface area contributed by atoms with Crippen LogP contribution in [0.4, 0.5) is 0 Å². The fraction of sp³-hybridized carbons (Fsp3) is 0.538. The highest BCUT2D eigenvalue weighted by molar-refractivity contribution is 5.43. The Balaban J connectivity index is 2.79. The van der Waals surface area contributed by atoms with Gasteiger partial charge in [-0.05, 0) is 37.5 Å². The van der Waals surface area contributed by atoms with E-state index in [2.05, 4.69) is 6.92 Å². The van der Waals surface area contributed by atoms with E-state index in [0.29, 0.717) is 13.0 Å². The van der Waals surface area contributed by atoms with Crippen LogP contribution < -0.4 is 9.47 Å². The Labute approximate surface area is 97.0 Å². The lowest BCUT2D eigenvalue weighted by atomic mass is 10.1. The molecule has 0 aliphatic carbocycles. The first kappa shape index (κ1) is 12.8. The van der Waals surface area contributed by atoms with Gasteiger partial charge in [-0.15, -0.1) is 0 Å². The highest BCUT2D eigenvalue weighted by Gasteiger charge is 2.07. The quantitative estimate of drug-likeness (QED) is 0.806. The van der Waals surface area contributed by atoms with E-state index in [1.165, 1.54) is 0 Å². The molecular weight excluding hydrogens is 204 g/mol. The molecule has 1 aromatic carbocycles. The Morgan fingerprint density at radius 2 is 2.06 bits per heavy atom. The van der Waals surface area contributed by atoms with E-state index in [9.17, 15) is 5.11 Å². The average molecular weight is 224 g/mol. The normalized spacial score (nSPS) is 12.2. The van der Waals surface area contributed by atoms with Gasteiger partial charge in [-0.3, -0.25) is 0 Å². The fourth-order valence-electron chi connectivity index (χ4n) is 1.51. The summed E-state index contributed by atoms with van der Waals surface area (Å²) in [4.78, 5) is 0. The molecule has 1 atom stereocenters. The van der Waals surface area contributed by atoms with Crippen molar-refractivity contribution in [1.82, 2.24) is 0 Å². The standard InChI is InChI=1S/C13H20O3/c1-4-7-16-12-6-5-11(8-10(2)14)9-13(12)15-3/h5-6,9-10,14H,4,7-8H2,1-3H3. The first-order valence-electron chi connectivity index (χ1n) is 5.65. The second-order valence-electron chi connectivity index (χ2n) is 3.89. The van der Waals surface area contributed by atoms with Crippen LogP contribution in [-0.2, 0) is 6.42 Å². The van der Waals surface area contributed by atoms with E-state index in [1.807, 2.05) is 18.2 Å². The lowest BCUT2D eigenvalue weighted by Crippen LogP contribution is -2.05. The summed E-state index contributed by atoms with van der Waals surface area (Å²) >= 11 is 0. The van der Waals surface area contributed by atoms with Crippen LogP contribution >= 0.6 is 0 Å². The van der Waals surface area contributed by atoms with Crippen molar-refractivity contribution in [2.45, 2.75) is 32.8 Å². The maximum absolute atomic E-state index is 9.31. The van der Waals surface area contributed by atoms with Crippen molar-refractivity contribution in [1.29, 1.82) is 0 Å². The lowest BCUT2D eigenvalue weighted by Gasteiger charge is -2.12. The summed E-state index contributed by atoms with van der Waals surface area (Å²) in [7, 11) is 1.63. The second-order valence-corrected chi connectivity index (χ2v) is 3.89. The van der Waals surface area contributed by atoms with E-state index >= 15 is 0 Å². The van der Waals surface area contributed by atoms with Crippen LogP contribution in [0.5, 0.6) is 11.5 Å². The minimum atomic E-state index is -0.341. The molecule has 0 heterocycles. The molecule has 0 aromatic heterocycles. The first-order chi connectivity index (χ1) is 7.67. The van der Waals surface area contributed by atoms with Crippen LogP contribution in [-0.4, -0.2) is 24.9 Å². The van der Waals surface area contributed by atoms with Gasteiger partial charge in [0.25, 0.3) is 0 Å². The summed E-state index contributed by atoms with van der Waals surface area (Å²) < 4.78 is 10.8. The molecule has 0 radical (unpaired) electrons. The minimum absolute atomic E-state index is 0.341. The van der Waals surface area contributed by atoms with Gasteiger partial charge in [0.05, 0.1) is 19.8 Å². The predicted molar refractivity (Wildman–Crippen MR) is 64.2 cm³/mol. The summed E-state index contributed by atoms with van der Waals surface area (Å²) in [5.41, 5.74) is 1.05. The van der Waals surface area contributed by atoms with Crippen molar-refractivity contribution in [3.8, 4) is 11.5 Å². The van der Waals surface area contributed by atoms with Crippen molar-refractivity contribution >= 4 is 0 Å². The molecule has 0 saturated heterocycles. The van der Waals surface area contributed by atoms with Gasteiger partial charge in [0, 0.05) is 0 Å². The number of aliphatic hydroxyl groups excluding tert-OH is 1. The molecular formula is C13H20O3. The number of ether oxygens (including phenoxy) is 2. The highest BCUT2D eigenvalue weighted by Crippen LogP contribution is 2.28. The van der Waals surface area contributed by atoms with Crippen molar-refractivity contribution < 1.29 is 14.6 Å². The molecule has 1 aromatic rings. The van der Waals surface area contributed by atoms with Crippen LogP contribution in [0, 0.1) is 0 Å². The third-order valence-corrected chi connectivity index (χ3v) is 2.22. The van der Waals surface area contributed by atoms with E-state index in [4.69, 9.17) is 9.47 Å². The topological polar surface area (TPSA) is 38.7 Å². The second kappa shape index (κ2) is 6.38. The third-order valence-electron chi connectivity index (χ3n) is 2.22. The fourth-order valence-corrected chi connectivity index (χ4v) is 1.51. The largest absolute Gasteiger partial charge is 0.493 e. The minimum Gasteiger partial charge on any atom is -0.493 e. The lowest BCUT2D eigenvalue weighted by molar-refractivity contribution is 0.195. The SMILES string of the molecule is CCCOc1ccc(CC(C)O)cc1OC. The molecule has 0 spiro atoms. The molecule has 0 aliphatic heterocycles. The number of hydrogen-bond acceptors (Lipinski definition) is 3. The smallest absolute Gasteiger partial charge is 0.161 e. The molecule has 3 nitrogen and oxygen atoms in total. The van der Waals surface area contributed by atoms with Crippen molar-refractivity contribution in [3.63, 3.8) is 0 Å². The van der Waals surface area contributed by atoms with Gasteiger partial charge < -0.3 is 14.6 Å². The first-order valence-corrected chi connectivity index (χ1v) is 5.65. The van der Waals surface area contributed by atoms with Crippen molar-refractivity contribution in [2.75, 3.05) is 13.7 Å². The summed E-state index contributed by atoms with van der Waals surface area (Å²) in [6.45, 7) is 4.52. The van der Waals surface area contributed by atoms with Crippen LogP contribution in [0.15, 0.2) is 18.2 Å². The molecule has 0 amide bonds. The van der Waals surface area contributed by atoms with Gasteiger partial charge in [0.1, 0.15) is 0 Å². The third kappa shape index (κ3) is 3.74. The summed E-state index contributed by atoms with van der Waals surface area (Å²) in [6.07, 6.45) is 1.26. The molecule has 16 heavy (non-hydrogen) atoms. The van der Waals surface area contributed by atoms with Crippen LogP contribution in [0.1, 0.15) is 25.8 Å². The van der Waals surface area contributed by atoms with E-state index < -0.39 is 0 Å². The summed E-state index contributed by atoms with van der Waals surface area (Å²) in [5.74, 6) is 1.49. The molecule has 90 valence electrons. The zero-order valence-electron chi connectivity index (χ0n) is 10.2. The summed E-state index contributed by atoms with van der Waals surface area (Å²) in [5, 5.41) is 9.31. The Hall–Kier alpha value is -1.22. The monoisotopic (exact) mass is 224 g/mol. The number of hydrogen-bond donors (Lipinski definition) is 1. The molecule has 1 unspecified atom stereocenters. The number of benzene rings is 1. The molecule has 0 bridgehead atoms. The Morgan fingerprint density at radius 1 is 1.31 bits per heavy atom. The van der Waals surface area contributed by atoms with Crippen molar-refractivity contribution in [2.24, 2.45) is 0 Å². The van der Waals surface area contributed by atoms with Gasteiger partial charge >= 0.3 is 0 Å². The Kier molecular flexibility index (Phi) is 5.12. The van der Waals surface area contributed by atoms with E-state index in [0.717, 1.165) is 23.5 Å². The van der Waals surface area contributed by atoms with Gasteiger partial charge in [-0.25, -0.2) is 0 Å². The van der Waals surface area contributed by atoms with Crippen LogP contribution in [0.2, 0.25) is 0 Å². The molecule has 1 N–H and O–H groups in total. The molecule has 0 fully saturated rings. The summed E-state index contributed by atoms with van der Waals surface area (Å²) in [6, 6.07) is 5.77. The number of rotatable bonds is 6. The number of methoxy groups -OCH3 is 1. The highest BCUT2D eigenvalue weighted by atomic mass is 16.5. The van der Waals surface area contributed by atoms with Gasteiger partial charge in [0.15, 0.2) is 11.5 Å². The Morgan fingerprint density at radius 3 is 2.62 bits per heavy atom. The molecule has 3 heteroatoms. The zero-order chi connectivity index (χ0) is 12.0. The molecule has 1 rings (SSSR count). The maximum atomic E-state index is 9.31. The van der Waals surface area contributed by atoms with Crippen molar-refractivity contribution in [3.05, 3.63) is 23.8 Å². The van der Waals surface area contributed by atoms with Gasteiger partial charge in [-0.2, -0.15) is 0 Å². The van der Waals surface area contributed by atoms with Gasteiger partial charge in [0.2, 0.25) is 0 Å². The van der Waals surface area contributed by atoms with Gasteiger partial charge in [-0.1, -0.05) is 13.0 Å². The number of aliphatic hydroxyl groups is 1. The van der Waals surface area contributed by atoms with Crippen LogP contribution in [0.3, 0.4) is 0 Å². The van der Waals surface area contributed by atoms with E-state index in [1.54, 1.807) is 14.0 Å². The molecule has 0 saturated carbocycles. The van der Waals surface area contributed by atoms with E-state index in [-0.39, 0.29) is 6.10 Å². The predicted octanol–water partition coefficient (Wildman–Crippen LogP) is 2.41. The average Bonchev–Trinajstić information content (AvgIpc) is 2.26.